The second-order valence-electron chi connectivity index (χ2n) is 5.37. The van der Waals surface area contributed by atoms with Gasteiger partial charge in [-0.2, -0.15) is 0 Å². The second-order valence-corrected chi connectivity index (χ2v) is 5.37. The number of amides is 1. The van der Waals surface area contributed by atoms with Crippen molar-refractivity contribution in [1.29, 1.82) is 0 Å². The van der Waals surface area contributed by atoms with Crippen LogP contribution >= 0.6 is 0 Å². The molecule has 1 unspecified atom stereocenters. The number of ether oxygens (including phenoxy) is 2. The zero-order valence-corrected chi connectivity index (χ0v) is 11.8. The molecule has 0 spiro atoms. The zero-order valence-electron chi connectivity index (χ0n) is 11.8. The highest BCUT2D eigenvalue weighted by Gasteiger charge is 2.34. The summed E-state index contributed by atoms with van der Waals surface area (Å²) in [6.45, 7) is 8.90. The number of nitrogens with two attached hydrogens (primary N) is 1. The molecule has 0 bridgehead atoms. The maximum Gasteiger partial charge on any atom is 0.225 e. The van der Waals surface area contributed by atoms with Crippen molar-refractivity contribution in [3.8, 4) is 0 Å². The predicted octanol–water partition coefficient (Wildman–Crippen LogP) is 0.768. The number of hydrogen-bond donors (Lipinski definition) is 1. The molecule has 1 heterocycles. The van der Waals surface area contributed by atoms with E-state index >= 15 is 0 Å². The average molecular weight is 258 g/mol. The first kappa shape index (κ1) is 15.4. The first-order valence-corrected chi connectivity index (χ1v) is 6.72. The minimum atomic E-state index is -0.317. The average Bonchev–Trinajstić information content (AvgIpc) is 2.32. The minimum absolute atomic E-state index is 0.0609. The molecule has 1 amide bonds. The predicted molar refractivity (Wildman–Crippen MR) is 70.3 cm³/mol. The van der Waals surface area contributed by atoms with Gasteiger partial charge < -0.3 is 20.1 Å². The van der Waals surface area contributed by atoms with Crippen molar-refractivity contribution in [2.45, 2.75) is 45.3 Å². The van der Waals surface area contributed by atoms with E-state index in [9.17, 15) is 4.79 Å². The minimum Gasteiger partial charge on any atom is -0.381 e. The zero-order chi connectivity index (χ0) is 13.6. The molecule has 106 valence electrons. The van der Waals surface area contributed by atoms with Crippen LogP contribution in [0, 0.1) is 0 Å². The Morgan fingerprint density at radius 2 is 2.22 bits per heavy atom. The van der Waals surface area contributed by atoms with Crippen LogP contribution < -0.4 is 5.73 Å². The highest BCUT2D eigenvalue weighted by atomic mass is 16.5. The Labute approximate surface area is 110 Å². The van der Waals surface area contributed by atoms with Gasteiger partial charge in [-0.25, -0.2) is 0 Å². The van der Waals surface area contributed by atoms with Gasteiger partial charge >= 0.3 is 0 Å². The van der Waals surface area contributed by atoms with Gasteiger partial charge in [0.2, 0.25) is 5.91 Å². The number of nitrogens with zero attached hydrogens (tertiary/aromatic N) is 1. The molecule has 1 saturated heterocycles. The van der Waals surface area contributed by atoms with E-state index in [0.29, 0.717) is 39.3 Å². The van der Waals surface area contributed by atoms with Crippen molar-refractivity contribution in [3.05, 3.63) is 0 Å². The first-order chi connectivity index (χ1) is 8.48. The molecule has 0 aromatic heterocycles. The van der Waals surface area contributed by atoms with Crippen molar-refractivity contribution < 1.29 is 14.3 Å². The van der Waals surface area contributed by atoms with Crippen LogP contribution in [0.15, 0.2) is 0 Å². The Hall–Kier alpha value is -0.650. The SMILES string of the molecule is CCCOCCC(=O)N1CC(CN)OC(C)(C)C1. The number of carbonyl (C=O) groups excluding carboxylic acids is 1. The lowest BCUT2D eigenvalue weighted by Gasteiger charge is -2.42. The van der Waals surface area contributed by atoms with E-state index in [2.05, 4.69) is 6.92 Å². The summed E-state index contributed by atoms with van der Waals surface area (Å²) in [7, 11) is 0. The van der Waals surface area contributed by atoms with Crippen LogP contribution in [0.3, 0.4) is 0 Å². The molecule has 0 aromatic carbocycles. The number of morpholine rings is 1. The summed E-state index contributed by atoms with van der Waals surface area (Å²) in [6.07, 6.45) is 1.36. The van der Waals surface area contributed by atoms with E-state index in [1.165, 1.54) is 0 Å². The molecule has 1 aliphatic rings. The fourth-order valence-electron chi connectivity index (χ4n) is 2.17. The van der Waals surface area contributed by atoms with E-state index in [0.717, 1.165) is 6.42 Å². The summed E-state index contributed by atoms with van der Waals surface area (Å²) >= 11 is 0. The monoisotopic (exact) mass is 258 g/mol. The van der Waals surface area contributed by atoms with E-state index in [1.54, 1.807) is 0 Å². The lowest BCUT2D eigenvalue weighted by molar-refractivity contribution is -0.160. The smallest absolute Gasteiger partial charge is 0.225 e. The third-order valence-corrected chi connectivity index (χ3v) is 2.91. The standard InChI is InChI=1S/C13H26N2O3/c1-4-6-17-7-5-12(16)15-9-11(8-14)18-13(2,3)10-15/h11H,4-10,14H2,1-3H3. The Bertz CT molecular complexity index is 269. The quantitative estimate of drug-likeness (QED) is 0.715. The maximum absolute atomic E-state index is 12.1. The summed E-state index contributed by atoms with van der Waals surface area (Å²) in [6, 6.07) is 0. The van der Waals surface area contributed by atoms with Crippen LogP contribution in [-0.2, 0) is 14.3 Å². The topological polar surface area (TPSA) is 64.8 Å². The lowest BCUT2D eigenvalue weighted by atomic mass is 10.0. The van der Waals surface area contributed by atoms with E-state index in [1.807, 2.05) is 18.7 Å². The summed E-state index contributed by atoms with van der Waals surface area (Å²) < 4.78 is 11.1. The van der Waals surface area contributed by atoms with Gasteiger partial charge in [0.1, 0.15) is 0 Å². The molecule has 1 aliphatic heterocycles. The molecule has 2 N–H and O–H groups in total. The van der Waals surface area contributed by atoms with Crippen LogP contribution in [0.1, 0.15) is 33.6 Å². The second kappa shape index (κ2) is 7.07. The molecule has 18 heavy (non-hydrogen) atoms. The van der Waals surface area contributed by atoms with Gasteiger partial charge in [-0.1, -0.05) is 6.92 Å². The van der Waals surface area contributed by atoms with Crippen molar-refractivity contribution in [1.82, 2.24) is 4.90 Å². The van der Waals surface area contributed by atoms with E-state index in [4.69, 9.17) is 15.2 Å². The number of hydrogen-bond acceptors (Lipinski definition) is 4. The molecule has 1 atom stereocenters. The normalized spacial score (nSPS) is 23.1. The molecule has 5 heteroatoms. The third-order valence-electron chi connectivity index (χ3n) is 2.91. The van der Waals surface area contributed by atoms with Crippen LogP contribution in [-0.4, -0.2) is 55.4 Å². The van der Waals surface area contributed by atoms with Crippen LogP contribution in [0.4, 0.5) is 0 Å². The molecular formula is C13H26N2O3. The molecule has 0 aliphatic carbocycles. The van der Waals surface area contributed by atoms with Crippen LogP contribution in [0.25, 0.3) is 0 Å². The molecule has 1 fully saturated rings. The summed E-state index contributed by atoms with van der Waals surface area (Å²) in [5.74, 6) is 0.126. The van der Waals surface area contributed by atoms with Gasteiger partial charge in [0, 0.05) is 26.2 Å². The van der Waals surface area contributed by atoms with Gasteiger partial charge in [-0.3, -0.25) is 4.79 Å². The van der Waals surface area contributed by atoms with Crippen LogP contribution in [0.5, 0.6) is 0 Å². The van der Waals surface area contributed by atoms with Crippen molar-refractivity contribution in [2.75, 3.05) is 32.8 Å². The molecule has 1 rings (SSSR count). The fourth-order valence-corrected chi connectivity index (χ4v) is 2.17. The Morgan fingerprint density at radius 3 is 2.83 bits per heavy atom. The van der Waals surface area contributed by atoms with Gasteiger partial charge in [0.25, 0.3) is 0 Å². The summed E-state index contributed by atoms with van der Waals surface area (Å²) in [5, 5.41) is 0. The van der Waals surface area contributed by atoms with Gasteiger partial charge in [0.05, 0.1) is 24.7 Å². The molecule has 0 saturated carbocycles. The Morgan fingerprint density at radius 1 is 1.50 bits per heavy atom. The molecular weight excluding hydrogens is 232 g/mol. The first-order valence-electron chi connectivity index (χ1n) is 6.72. The van der Waals surface area contributed by atoms with Crippen molar-refractivity contribution in [2.24, 2.45) is 5.73 Å². The van der Waals surface area contributed by atoms with Gasteiger partial charge in [0.15, 0.2) is 0 Å². The largest absolute Gasteiger partial charge is 0.381 e. The number of rotatable bonds is 6. The van der Waals surface area contributed by atoms with E-state index in [-0.39, 0.29) is 17.6 Å². The van der Waals surface area contributed by atoms with Crippen molar-refractivity contribution >= 4 is 5.91 Å². The number of carbonyl (C=O) groups is 1. The third kappa shape index (κ3) is 4.92. The molecule has 0 aromatic rings. The van der Waals surface area contributed by atoms with Gasteiger partial charge in [-0.15, -0.1) is 0 Å². The summed E-state index contributed by atoms with van der Waals surface area (Å²) in [5.41, 5.74) is 5.32. The summed E-state index contributed by atoms with van der Waals surface area (Å²) in [4.78, 5) is 13.9. The van der Waals surface area contributed by atoms with Gasteiger partial charge in [-0.05, 0) is 20.3 Å². The van der Waals surface area contributed by atoms with E-state index < -0.39 is 0 Å². The highest BCUT2D eigenvalue weighted by Crippen LogP contribution is 2.21. The Balaban J connectivity index is 2.41. The maximum atomic E-state index is 12.1. The van der Waals surface area contributed by atoms with Crippen LogP contribution in [0.2, 0.25) is 0 Å². The Kier molecular flexibility index (Phi) is 6.05. The van der Waals surface area contributed by atoms with Crippen molar-refractivity contribution in [3.63, 3.8) is 0 Å². The lowest BCUT2D eigenvalue weighted by Crippen LogP contribution is -2.56. The highest BCUT2D eigenvalue weighted by molar-refractivity contribution is 5.76. The molecule has 0 radical (unpaired) electrons. The fraction of sp³-hybridized carbons (Fsp3) is 0.923. The molecule has 5 nitrogen and oxygen atoms in total.